The molecule has 0 aromatic carbocycles. The number of thioether (sulfide) groups is 1. The molecule has 0 saturated carbocycles. The average Bonchev–Trinajstić information content (AvgIpc) is 3.05. The van der Waals surface area contributed by atoms with Gasteiger partial charge < -0.3 is 0 Å². The standard InChI is InChI=1S/C20H17BrN4OS2/c1-11-2-4-14-15(6-11)28-20-18(14)19(22-10-23-20)27-9-13-7-17(26)25-8-12(21)3-5-16(25)24-13/h3,5,7-8,10-11H,2,4,6,9H2,1H3/t11-/m1/s1. The van der Waals surface area contributed by atoms with E-state index in [1.54, 1.807) is 34.8 Å². The molecule has 0 amide bonds. The summed E-state index contributed by atoms with van der Waals surface area (Å²) in [7, 11) is 0. The lowest BCUT2D eigenvalue weighted by Crippen LogP contribution is -2.15. The van der Waals surface area contributed by atoms with Crippen molar-refractivity contribution in [2.75, 3.05) is 0 Å². The minimum atomic E-state index is -0.0726. The first kappa shape index (κ1) is 18.3. The quantitative estimate of drug-likeness (QED) is 0.314. The number of aryl methyl sites for hydroxylation is 1. The van der Waals surface area contributed by atoms with E-state index in [-0.39, 0.29) is 5.56 Å². The summed E-state index contributed by atoms with van der Waals surface area (Å²) in [5.74, 6) is 1.34. The van der Waals surface area contributed by atoms with Crippen LogP contribution in [0.25, 0.3) is 15.9 Å². The molecule has 0 bridgehead atoms. The monoisotopic (exact) mass is 472 g/mol. The Morgan fingerprint density at radius 1 is 1.36 bits per heavy atom. The zero-order valence-corrected chi connectivity index (χ0v) is 18.4. The molecule has 5 nitrogen and oxygen atoms in total. The molecule has 0 N–H and O–H groups in total. The van der Waals surface area contributed by atoms with Gasteiger partial charge in [-0.25, -0.2) is 15.0 Å². The van der Waals surface area contributed by atoms with Crippen LogP contribution in [0.3, 0.4) is 0 Å². The minimum absolute atomic E-state index is 0.0726. The number of thiophene rings is 1. The van der Waals surface area contributed by atoms with E-state index in [9.17, 15) is 4.79 Å². The molecular formula is C20H17BrN4OS2. The summed E-state index contributed by atoms with van der Waals surface area (Å²) >= 11 is 6.84. The van der Waals surface area contributed by atoms with E-state index in [1.165, 1.54) is 22.2 Å². The van der Waals surface area contributed by atoms with Crippen molar-refractivity contribution in [2.45, 2.75) is 37.0 Å². The van der Waals surface area contributed by atoms with Crippen molar-refractivity contribution in [2.24, 2.45) is 5.92 Å². The molecule has 0 spiro atoms. The maximum Gasteiger partial charge on any atom is 0.258 e. The molecule has 28 heavy (non-hydrogen) atoms. The molecule has 0 radical (unpaired) electrons. The maximum atomic E-state index is 12.4. The van der Waals surface area contributed by atoms with Gasteiger partial charge in [-0.1, -0.05) is 18.7 Å². The van der Waals surface area contributed by atoms with E-state index in [0.717, 1.165) is 38.8 Å². The number of fused-ring (bicyclic) bond motifs is 4. The zero-order valence-electron chi connectivity index (χ0n) is 15.2. The Morgan fingerprint density at radius 2 is 2.25 bits per heavy atom. The van der Waals surface area contributed by atoms with Crippen molar-refractivity contribution in [3.63, 3.8) is 0 Å². The highest BCUT2D eigenvalue weighted by molar-refractivity contribution is 9.10. The fourth-order valence-corrected chi connectivity index (χ4v) is 6.37. The maximum absolute atomic E-state index is 12.4. The third-order valence-electron chi connectivity index (χ3n) is 5.09. The SMILES string of the molecule is C[C@@H]1CCc2c(sc3ncnc(SCc4cc(=O)n5cc(Br)ccc5n4)c23)C1. The highest BCUT2D eigenvalue weighted by Gasteiger charge is 2.23. The Morgan fingerprint density at radius 3 is 3.14 bits per heavy atom. The van der Waals surface area contributed by atoms with Crippen molar-refractivity contribution >= 4 is 54.9 Å². The summed E-state index contributed by atoms with van der Waals surface area (Å²) in [5, 5.41) is 2.20. The van der Waals surface area contributed by atoms with Gasteiger partial charge in [-0.15, -0.1) is 11.3 Å². The van der Waals surface area contributed by atoms with Gasteiger partial charge in [-0.05, 0) is 58.8 Å². The number of hydrogen-bond acceptors (Lipinski definition) is 6. The van der Waals surface area contributed by atoms with E-state index < -0.39 is 0 Å². The molecule has 1 atom stereocenters. The molecular weight excluding hydrogens is 456 g/mol. The highest BCUT2D eigenvalue weighted by Crippen LogP contribution is 2.40. The van der Waals surface area contributed by atoms with Gasteiger partial charge in [-0.2, -0.15) is 0 Å². The molecule has 5 rings (SSSR count). The van der Waals surface area contributed by atoms with Gasteiger partial charge >= 0.3 is 0 Å². The highest BCUT2D eigenvalue weighted by atomic mass is 79.9. The number of halogens is 1. The van der Waals surface area contributed by atoms with E-state index in [1.807, 2.05) is 23.5 Å². The molecule has 8 heteroatoms. The Bertz CT molecular complexity index is 1270. The lowest BCUT2D eigenvalue weighted by atomic mass is 9.89. The van der Waals surface area contributed by atoms with E-state index in [4.69, 9.17) is 0 Å². The van der Waals surface area contributed by atoms with Crippen molar-refractivity contribution in [3.8, 4) is 0 Å². The summed E-state index contributed by atoms with van der Waals surface area (Å²) in [6, 6.07) is 5.35. The first-order valence-electron chi connectivity index (χ1n) is 9.14. The van der Waals surface area contributed by atoms with Gasteiger partial charge in [-0.3, -0.25) is 9.20 Å². The van der Waals surface area contributed by atoms with Gasteiger partial charge in [0.15, 0.2) is 0 Å². The number of pyridine rings is 1. The fraction of sp³-hybridized carbons (Fsp3) is 0.300. The predicted molar refractivity (Wildman–Crippen MR) is 117 cm³/mol. The van der Waals surface area contributed by atoms with Crippen molar-refractivity contribution in [3.05, 3.63) is 61.7 Å². The normalized spacial score (nSPS) is 16.6. The van der Waals surface area contributed by atoms with Crippen LogP contribution < -0.4 is 5.56 Å². The lowest BCUT2D eigenvalue weighted by Gasteiger charge is -2.18. The van der Waals surface area contributed by atoms with Gasteiger partial charge in [0.1, 0.15) is 21.8 Å². The fourth-order valence-electron chi connectivity index (χ4n) is 3.70. The van der Waals surface area contributed by atoms with E-state index in [2.05, 4.69) is 37.8 Å². The molecule has 1 aliphatic rings. The van der Waals surface area contributed by atoms with Crippen LogP contribution in [0.2, 0.25) is 0 Å². The molecule has 142 valence electrons. The topological polar surface area (TPSA) is 60.2 Å². The number of aromatic nitrogens is 4. The van der Waals surface area contributed by atoms with Gasteiger partial charge in [0.05, 0.1) is 5.69 Å². The first-order chi connectivity index (χ1) is 13.6. The minimum Gasteiger partial charge on any atom is -0.269 e. The van der Waals surface area contributed by atoms with E-state index in [0.29, 0.717) is 11.4 Å². The second-order valence-corrected chi connectivity index (χ2v) is 10.1. The van der Waals surface area contributed by atoms with Gasteiger partial charge in [0, 0.05) is 32.8 Å². The van der Waals surface area contributed by atoms with Crippen LogP contribution in [-0.4, -0.2) is 19.4 Å². The molecule has 1 aliphatic carbocycles. The Balaban J connectivity index is 1.49. The van der Waals surface area contributed by atoms with Crippen molar-refractivity contribution in [1.82, 2.24) is 19.4 Å². The van der Waals surface area contributed by atoms with Crippen LogP contribution in [0.15, 0.2) is 45.0 Å². The zero-order chi connectivity index (χ0) is 19.3. The Hall–Kier alpha value is -1.77. The number of nitrogens with zero attached hydrogens (tertiary/aromatic N) is 4. The van der Waals surface area contributed by atoms with Crippen LogP contribution in [0.5, 0.6) is 0 Å². The van der Waals surface area contributed by atoms with Gasteiger partial charge in [0.25, 0.3) is 5.56 Å². The summed E-state index contributed by atoms with van der Waals surface area (Å²) in [5.41, 5.74) is 2.78. The Labute approximate surface area is 178 Å². The molecule has 0 unspecified atom stereocenters. The summed E-state index contributed by atoms with van der Waals surface area (Å²) in [4.78, 5) is 28.7. The molecule has 4 heterocycles. The Kier molecular flexibility index (Phi) is 4.72. The largest absolute Gasteiger partial charge is 0.269 e. The molecule has 4 aromatic rings. The smallest absolute Gasteiger partial charge is 0.258 e. The van der Waals surface area contributed by atoms with Crippen LogP contribution >= 0.6 is 39.0 Å². The summed E-state index contributed by atoms with van der Waals surface area (Å²) < 4.78 is 2.41. The molecule has 0 aliphatic heterocycles. The lowest BCUT2D eigenvalue weighted by molar-refractivity contribution is 0.509. The summed E-state index contributed by atoms with van der Waals surface area (Å²) in [6.45, 7) is 2.32. The van der Waals surface area contributed by atoms with Crippen molar-refractivity contribution in [1.29, 1.82) is 0 Å². The predicted octanol–water partition coefficient (Wildman–Crippen LogP) is 4.88. The second kappa shape index (κ2) is 7.24. The third kappa shape index (κ3) is 3.27. The summed E-state index contributed by atoms with van der Waals surface area (Å²) in [6.07, 6.45) is 6.85. The van der Waals surface area contributed by atoms with Crippen molar-refractivity contribution < 1.29 is 0 Å². The average molecular weight is 473 g/mol. The molecule has 0 saturated heterocycles. The first-order valence-corrected chi connectivity index (χ1v) is 11.7. The molecule has 0 fully saturated rings. The van der Waals surface area contributed by atoms with Crippen LogP contribution in [0.1, 0.15) is 29.5 Å². The number of rotatable bonds is 3. The van der Waals surface area contributed by atoms with Crippen LogP contribution in [0.4, 0.5) is 0 Å². The number of hydrogen-bond donors (Lipinski definition) is 0. The third-order valence-corrected chi connectivity index (χ3v) is 7.74. The second-order valence-electron chi connectivity index (χ2n) is 7.16. The van der Waals surface area contributed by atoms with Crippen LogP contribution in [0, 0.1) is 5.92 Å². The van der Waals surface area contributed by atoms with Crippen LogP contribution in [-0.2, 0) is 18.6 Å². The van der Waals surface area contributed by atoms with E-state index >= 15 is 0 Å². The van der Waals surface area contributed by atoms with Gasteiger partial charge in [0.2, 0.25) is 0 Å². The molecule has 4 aromatic heterocycles.